The standard InChI is InChI=1S/C25H28N8O/c1-16-14-33(22-12-24(34)30(4)23-15-31(10-7-26)29-25(22)23)17(2)13-32(16)18(3)19-5-6-20-21(11-19)28-9-8-27-20/h5-6,8-9,11-12,15-18H,10,13-14H2,1-4H3/t16-,17+,18+/m1/s1. The summed E-state index contributed by atoms with van der Waals surface area (Å²) in [4.78, 5) is 26.4. The highest BCUT2D eigenvalue weighted by atomic mass is 16.1. The number of nitriles is 1. The van der Waals surface area contributed by atoms with Crippen molar-refractivity contribution in [1.82, 2.24) is 29.2 Å². The topological polar surface area (TPSA) is 95.9 Å². The van der Waals surface area contributed by atoms with Gasteiger partial charge in [0.25, 0.3) is 5.56 Å². The zero-order valence-corrected chi connectivity index (χ0v) is 19.9. The number of piperazine rings is 1. The molecule has 1 saturated heterocycles. The number of rotatable bonds is 4. The Kier molecular flexibility index (Phi) is 5.54. The molecule has 1 aliphatic heterocycles. The molecule has 0 saturated carbocycles. The molecule has 0 N–H and O–H groups in total. The van der Waals surface area contributed by atoms with E-state index in [1.165, 1.54) is 5.56 Å². The summed E-state index contributed by atoms with van der Waals surface area (Å²) in [5.41, 5.74) is 5.27. The lowest BCUT2D eigenvalue weighted by Gasteiger charge is -2.47. The number of benzene rings is 1. The summed E-state index contributed by atoms with van der Waals surface area (Å²) >= 11 is 0. The van der Waals surface area contributed by atoms with Gasteiger partial charge < -0.3 is 9.47 Å². The summed E-state index contributed by atoms with van der Waals surface area (Å²) in [7, 11) is 1.74. The van der Waals surface area contributed by atoms with Gasteiger partial charge in [-0.1, -0.05) is 6.07 Å². The van der Waals surface area contributed by atoms with Crippen LogP contribution in [0.3, 0.4) is 0 Å². The van der Waals surface area contributed by atoms with E-state index in [9.17, 15) is 4.79 Å². The van der Waals surface area contributed by atoms with Gasteiger partial charge >= 0.3 is 0 Å². The molecule has 0 unspecified atom stereocenters. The van der Waals surface area contributed by atoms with Crippen molar-refractivity contribution in [3.63, 3.8) is 0 Å². The van der Waals surface area contributed by atoms with E-state index >= 15 is 0 Å². The second-order valence-electron chi connectivity index (χ2n) is 9.17. The van der Waals surface area contributed by atoms with Crippen LogP contribution in [0.5, 0.6) is 0 Å². The SMILES string of the molecule is C[C@@H]1CN(c2cc(=O)n(C)c3cn(CC#N)nc23)[C@@H](C)CN1[C@@H](C)c1ccc2nccnc2c1. The van der Waals surface area contributed by atoms with Gasteiger partial charge in [0, 0.05) is 56.7 Å². The average Bonchev–Trinajstić information content (AvgIpc) is 3.26. The maximum Gasteiger partial charge on any atom is 0.252 e. The largest absolute Gasteiger partial charge is 0.364 e. The highest BCUT2D eigenvalue weighted by molar-refractivity contribution is 5.88. The van der Waals surface area contributed by atoms with Crippen LogP contribution in [-0.2, 0) is 13.6 Å². The third-order valence-corrected chi connectivity index (χ3v) is 6.99. The molecule has 4 heterocycles. The summed E-state index contributed by atoms with van der Waals surface area (Å²) in [6.45, 7) is 8.41. The van der Waals surface area contributed by atoms with Crippen molar-refractivity contribution in [2.45, 2.75) is 45.4 Å². The first-order chi connectivity index (χ1) is 16.4. The Morgan fingerprint density at radius 3 is 2.65 bits per heavy atom. The fraction of sp³-hybridized carbons (Fsp3) is 0.400. The van der Waals surface area contributed by atoms with Crippen LogP contribution < -0.4 is 10.5 Å². The molecule has 1 fully saturated rings. The lowest BCUT2D eigenvalue weighted by molar-refractivity contribution is 0.119. The Morgan fingerprint density at radius 1 is 1.12 bits per heavy atom. The highest BCUT2D eigenvalue weighted by Crippen LogP contribution is 2.32. The Balaban J connectivity index is 1.45. The smallest absolute Gasteiger partial charge is 0.252 e. The zero-order chi connectivity index (χ0) is 24.0. The molecule has 1 aliphatic rings. The molecule has 9 heteroatoms. The zero-order valence-electron chi connectivity index (χ0n) is 19.9. The predicted molar refractivity (Wildman–Crippen MR) is 132 cm³/mol. The lowest BCUT2D eigenvalue weighted by atomic mass is 10.00. The first kappa shape index (κ1) is 22.0. The third-order valence-electron chi connectivity index (χ3n) is 6.99. The molecule has 3 atom stereocenters. The Morgan fingerprint density at radius 2 is 1.88 bits per heavy atom. The van der Waals surface area contributed by atoms with Gasteiger partial charge in [0.15, 0.2) is 0 Å². The maximum atomic E-state index is 12.7. The number of aryl methyl sites for hydroxylation is 1. The number of nitrogens with zero attached hydrogens (tertiary/aromatic N) is 8. The van der Waals surface area contributed by atoms with Gasteiger partial charge in [-0.2, -0.15) is 10.4 Å². The van der Waals surface area contributed by atoms with Gasteiger partial charge in [-0.05, 0) is 38.5 Å². The minimum absolute atomic E-state index is 0.0769. The van der Waals surface area contributed by atoms with Crippen molar-refractivity contribution in [2.75, 3.05) is 18.0 Å². The van der Waals surface area contributed by atoms with Gasteiger partial charge in [0.1, 0.15) is 12.1 Å². The molecule has 34 heavy (non-hydrogen) atoms. The Hall–Kier alpha value is -3.77. The Labute approximate surface area is 197 Å². The fourth-order valence-corrected chi connectivity index (χ4v) is 5.07. The first-order valence-electron chi connectivity index (χ1n) is 11.5. The third kappa shape index (κ3) is 3.70. The number of hydrogen-bond acceptors (Lipinski definition) is 7. The van der Waals surface area contributed by atoms with E-state index in [0.29, 0.717) is 0 Å². The van der Waals surface area contributed by atoms with Crippen LogP contribution in [0.4, 0.5) is 5.69 Å². The quantitative estimate of drug-likeness (QED) is 0.466. The number of aromatic nitrogens is 5. The van der Waals surface area contributed by atoms with Gasteiger partial charge in [0.2, 0.25) is 0 Å². The molecule has 1 aromatic carbocycles. The predicted octanol–water partition coefficient (Wildman–Crippen LogP) is 2.86. The van der Waals surface area contributed by atoms with Crippen LogP contribution in [0.2, 0.25) is 0 Å². The van der Waals surface area contributed by atoms with E-state index in [1.54, 1.807) is 41.0 Å². The molecule has 9 nitrogen and oxygen atoms in total. The van der Waals surface area contributed by atoms with Gasteiger partial charge in [-0.15, -0.1) is 0 Å². The molecule has 4 aromatic rings. The minimum atomic E-state index is -0.0769. The van der Waals surface area contributed by atoms with Crippen molar-refractivity contribution in [3.8, 4) is 6.07 Å². The molecule has 0 radical (unpaired) electrons. The van der Waals surface area contributed by atoms with Crippen molar-refractivity contribution in [3.05, 3.63) is 58.8 Å². The van der Waals surface area contributed by atoms with Crippen LogP contribution in [0.25, 0.3) is 22.1 Å². The number of pyridine rings is 1. The summed E-state index contributed by atoms with van der Waals surface area (Å²) < 4.78 is 3.19. The van der Waals surface area contributed by atoms with Crippen LogP contribution in [-0.4, -0.2) is 54.4 Å². The number of fused-ring (bicyclic) bond motifs is 2. The average molecular weight is 457 g/mol. The molecular formula is C25H28N8O. The monoisotopic (exact) mass is 456 g/mol. The molecule has 0 spiro atoms. The van der Waals surface area contributed by atoms with Crippen LogP contribution >= 0.6 is 0 Å². The second kappa shape index (κ2) is 8.54. The van der Waals surface area contributed by atoms with E-state index in [-0.39, 0.29) is 30.2 Å². The summed E-state index contributed by atoms with van der Waals surface area (Å²) in [5, 5.41) is 13.7. The van der Waals surface area contributed by atoms with Crippen molar-refractivity contribution in [2.24, 2.45) is 7.05 Å². The first-order valence-corrected chi connectivity index (χ1v) is 11.5. The second-order valence-corrected chi connectivity index (χ2v) is 9.17. The normalized spacial score (nSPS) is 20.0. The molecule has 0 bridgehead atoms. The summed E-state index contributed by atoms with van der Waals surface area (Å²) in [6.07, 6.45) is 5.22. The number of hydrogen-bond donors (Lipinski definition) is 0. The Bertz CT molecular complexity index is 1470. The van der Waals surface area contributed by atoms with Crippen molar-refractivity contribution in [1.29, 1.82) is 5.26 Å². The number of anilines is 1. The summed E-state index contributed by atoms with van der Waals surface area (Å²) in [6, 6.07) is 10.7. The van der Waals surface area contributed by atoms with E-state index < -0.39 is 0 Å². The van der Waals surface area contributed by atoms with Gasteiger partial charge in [-0.25, -0.2) is 0 Å². The fourth-order valence-electron chi connectivity index (χ4n) is 5.07. The van der Waals surface area contributed by atoms with Gasteiger partial charge in [-0.3, -0.25) is 24.3 Å². The molecule has 0 amide bonds. The molecular weight excluding hydrogens is 428 g/mol. The van der Waals surface area contributed by atoms with Crippen LogP contribution in [0.15, 0.2) is 47.7 Å². The van der Waals surface area contributed by atoms with E-state index in [2.05, 4.69) is 63.8 Å². The van der Waals surface area contributed by atoms with E-state index in [0.717, 1.165) is 40.8 Å². The van der Waals surface area contributed by atoms with Crippen molar-refractivity contribution >= 4 is 27.8 Å². The minimum Gasteiger partial charge on any atom is -0.364 e. The summed E-state index contributed by atoms with van der Waals surface area (Å²) in [5.74, 6) is 0. The van der Waals surface area contributed by atoms with Crippen molar-refractivity contribution < 1.29 is 0 Å². The van der Waals surface area contributed by atoms with E-state index in [1.807, 2.05) is 6.07 Å². The van der Waals surface area contributed by atoms with Crippen LogP contribution in [0, 0.1) is 11.3 Å². The maximum absolute atomic E-state index is 12.7. The molecule has 0 aliphatic carbocycles. The van der Waals surface area contributed by atoms with Gasteiger partial charge in [0.05, 0.1) is 34.5 Å². The van der Waals surface area contributed by atoms with Crippen LogP contribution in [0.1, 0.15) is 32.4 Å². The molecule has 174 valence electrons. The lowest BCUT2D eigenvalue weighted by Crippen LogP contribution is -2.57. The molecule has 3 aromatic heterocycles. The van der Waals surface area contributed by atoms with E-state index in [4.69, 9.17) is 5.26 Å². The highest BCUT2D eigenvalue weighted by Gasteiger charge is 2.34. The molecule has 5 rings (SSSR count).